The smallest absolute Gasteiger partial charge is 0.206 e. The molecule has 3 heterocycles. The van der Waals surface area contributed by atoms with Gasteiger partial charge in [-0.2, -0.15) is 0 Å². The van der Waals surface area contributed by atoms with Crippen LogP contribution >= 0.6 is 0 Å². The lowest BCUT2D eigenvalue weighted by atomic mass is 9.91. The molecule has 0 spiro atoms. The fraction of sp³-hybridized carbons (Fsp3) is 0.667. The Labute approximate surface area is 167 Å². The number of β-amino-alcohol motifs (C(OH)–C–C–N with tert-alkyl or cyclic N) is 1. The van der Waals surface area contributed by atoms with Crippen LogP contribution in [-0.2, 0) is 6.54 Å². The molecule has 2 aliphatic rings. The largest absolute Gasteiger partial charge is 0.395 e. The second-order valence-electron chi connectivity index (χ2n) is 8.27. The van der Waals surface area contributed by atoms with E-state index in [2.05, 4.69) is 32.4 Å². The number of imidazole rings is 1. The normalized spacial score (nSPS) is 21.5. The van der Waals surface area contributed by atoms with Gasteiger partial charge in [0.2, 0.25) is 5.95 Å². The van der Waals surface area contributed by atoms with Crippen LogP contribution in [0, 0.1) is 5.92 Å². The van der Waals surface area contributed by atoms with Crippen molar-refractivity contribution in [2.75, 3.05) is 64.4 Å². The maximum Gasteiger partial charge on any atom is 0.206 e. The van der Waals surface area contributed by atoms with E-state index in [4.69, 9.17) is 4.98 Å². The average Bonchev–Trinajstić information content (AvgIpc) is 3.09. The number of aromatic nitrogens is 2. The number of para-hydroxylation sites is 2. The van der Waals surface area contributed by atoms with E-state index in [0.29, 0.717) is 12.5 Å². The number of hydrogen-bond acceptors (Lipinski definition) is 6. The number of aliphatic hydroxyl groups excluding tert-OH is 2. The number of piperidine rings is 1. The van der Waals surface area contributed by atoms with Gasteiger partial charge in [0, 0.05) is 52.4 Å². The van der Waals surface area contributed by atoms with Gasteiger partial charge in [0.25, 0.3) is 0 Å². The quantitative estimate of drug-likeness (QED) is 0.766. The van der Waals surface area contributed by atoms with Gasteiger partial charge in [-0.3, -0.25) is 4.90 Å². The van der Waals surface area contributed by atoms with Crippen molar-refractivity contribution >= 4 is 17.0 Å². The van der Waals surface area contributed by atoms with Crippen molar-refractivity contribution in [3.63, 3.8) is 0 Å². The SMILES string of the molecule is CN1CCN(CC(O)C2CCN(c3nc4ccccc4n3CCO)CC2)CC1. The second kappa shape index (κ2) is 8.78. The van der Waals surface area contributed by atoms with Crippen LogP contribution in [0.25, 0.3) is 11.0 Å². The van der Waals surface area contributed by atoms with Gasteiger partial charge in [0.1, 0.15) is 0 Å². The summed E-state index contributed by atoms with van der Waals surface area (Å²) in [5, 5.41) is 20.3. The molecule has 7 heteroatoms. The van der Waals surface area contributed by atoms with Crippen LogP contribution in [0.5, 0.6) is 0 Å². The van der Waals surface area contributed by atoms with Crippen LogP contribution in [-0.4, -0.2) is 95.1 Å². The minimum Gasteiger partial charge on any atom is -0.395 e. The molecule has 0 saturated carbocycles. The molecule has 2 saturated heterocycles. The van der Waals surface area contributed by atoms with Crippen molar-refractivity contribution in [1.29, 1.82) is 0 Å². The minimum atomic E-state index is -0.248. The molecular weight excluding hydrogens is 354 g/mol. The van der Waals surface area contributed by atoms with Gasteiger partial charge in [-0.15, -0.1) is 0 Å². The number of piperazine rings is 1. The molecule has 0 bridgehead atoms. The molecule has 1 aromatic carbocycles. The molecular formula is C21H33N5O2. The van der Waals surface area contributed by atoms with Crippen LogP contribution in [0.4, 0.5) is 5.95 Å². The zero-order valence-electron chi connectivity index (χ0n) is 16.9. The van der Waals surface area contributed by atoms with Crippen molar-refractivity contribution in [1.82, 2.24) is 19.4 Å². The highest BCUT2D eigenvalue weighted by atomic mass is 16.3. The Morgan fingerprint density at radius 3 is 2.50 bits per heavy atom. The van der Waals surface area contributed by atoms with Gasteiger partial charge in [-0.1, -0.05) is 12.1 Å². The summed E-state index contributed by atoms with van der Waals surface area (Å²) in [5.74, 6) is 1.30. The third kappa shape index (κ3) is 4.17. The first-order chi connectivity index (χ1) is 13.7. The molecule has 28 heavy (non-hydrogen) atoms. The van der Waals surface area contributed by atoms with Crippen LogP contribution < -0.4 is 4.90 Å². The number of nitrogens with zero attached hydrogens (tertiary/aromatic N) is 5. The Morgan fingerprint density at radius 2 is 1.79 bits per heavy atom. The summed E-state index contributed by atoms with van der Waals surface area (Å²) < 4.78 is 2.12. The first-order valence-corrected chi connectivity index (χ1v) is 10.6. The lowest BCUT2D eigenvalue weighted by Crippen LogP contribution is -2.49. The van der Waals surface area contributed by atoms with E-state index in [9.17, 15) is 10.2 Å². The Morgan fingerprint density at radius 1 is 1.07 bits per heavy atom. The van der Waals surface area contributed by atoms with Gasteiger partial charge in [-0.05, 0) is 37.9 Å². The second-order valence-corrected chi connectivity index (χ2v) is 8.27. The highest BCUT2D eigenvalue weighted by Crippen LogP contribution is 2.28. The Hall–Kier alpha value is -1.67. The van der Waals surface area contributed by atoms with Crippen molar-refractivity contribution in [2.24, 2.45) is 5.92 Å². The first-order valence-electron chi connectivity index (χ1n) is 10.6. The summed E-state index contributed by atoms with van der Waals surface area (Å²) in [6.45, 7) is 7.54. The number of likely N-dealkylation sites (N-methyl/N-ethyl adjacent to an activating group) is 1. The van der Waals surface area contributed by atoms with Crippen molar-refractivity contribution in [2.45, 2.75) is 25.5 Å². The molecule has 4 rings (SSSR count). The topological polar surface area (TPSA) is 68.0 Å². The monoisotopic (exact) mass is 387 g/mol. The van der Waals surface area contributed by atoms with E-state index in [-0.39, 0.29) is 12.7 Å². The standard InChI is InChI=1S/C21H33N5O2/c1-23-10-12-24(13-11-23)16-20(28)17-6-8-25(9-7-17)21-22-18-4-2-3-5-19(18)26(21)14-15-27/h2-5,17,20,27-28H,6-16H2,1H3. The number of aliphatic hydroxyl groups is 2. The van der Waals surface area contributed by atoms with Crippen molar-refractivity contribution in [3.8, 4) is 0 Å². The fourth-order valence-corrected chi connectivity index (χ4v) is 4.55. The van der Waals surface area contributed by atoms with E-state index >= 15 is 0 Å². The lowest BCUT2D eigenvalue weighted by Gasteiger charge is -2.38. The van der Waals surface area contributed by atoms with Gasteiger partial charge in [0.05, 0.1) is 23.7 Å². The summed E-state index contributed by atoms with van der Waals surface area (Å²) in [7, 11) is 2.16. The molecule has 0 radical (unpaired) electrons. The third-order valence-electron chi connectivity index (χ3n) is 6.37. The molecule has 2 aliphatic heterocycles. The van der Waals surface area contributed by atoms with E-state index in [0.717, 1.165) is 75.6 Å². The summed E-state index contributed by atoms with van der Waals surface area (Å²) in [6.07, 6.45) is 1.72. The van der Waals surface area contributed by atoms with E-state index < -0.39 is 0 Å². The van der Waals surface area contributed by atoms with Crippen molar-refractivity contribution < 1.29 is 10.2 Å². The maximum atomic E-state index is 10.8. The highest BCUT2D eigenvalue weighted by molar-refractivity contribution is 5.78. The van der Waals surface area contributed by atoms with Gasteiger partial charge < -0.3 is 24.6 Å². The van der Waals surface area contributed by atoms with Gasteiger partial charge in [-0.25, -0.2) is 4.98 Å². The summed E-state index contributed by atoms with van der Waals surface area (Å²) in [5.41, 5.74) is 2.05. The Bertz CT molecular complexity index is 763. The summed E-state index contributed by atoms with van der Waals surface area (Å²) >= 11 is 0. The van der Waals surface area contributed by atoms with Crippen LogP contribution in [0.1, 0.15) is 12.8 Å². The predicted molar refractivity (Wildman–Crippen MR) is 112 cm³/mol. The first kappa shape index (κ1) is 19.6. The molecule has 1 aromatic heterocycles. The summed E-state index contributed by atoms with van der Waals surface area (Å²) in [4.78, 5) is 11.9. The molecule has 2 aromatic rings. The lowest BCUT2D eigenvalue weighted by molar-refractivity contribution is 0.0371. The number of rotatable bonds is 6. The predicted octanol–water partition coefficient (Wildman–Crippen LogP) is 0.853. The van der Waals surface area contributed by atoms with E-state index in [1.807, 2.05) is 18.2 Å². The molecule has 2 fully saturated rings. The number of hydrogen-bond donors (Lipinski definition) is 2. The number of anilines is 1. The van der Waals surface area contributed by atoms with Gasteiger partial charge in [0.15, 0.2) is 0 Å². The number of fused-ring (bicyclic) bond motifs is 1. The average molecular weight is 388 g/mol. The van der Waals surface area contributed by atoms with Gasteiger partial charge >= 0.3 is 0 Å². The zero-order valence-corrected chi connectivity index (χ0v) is 16.9. The van der Waals surface area contributed by atoms with Crippen LogP contribution in [0.15, 0.2) is 24.3 Å². The third-order valence-corrected chi connectivity index (χ3v) is 6.37. The van der Waals surface area contributed by atoms with Crippen LogP contribution in [0.3, 0.4) is 0 Å². The molecule has 7 nitrogen and oxygen atoms in total. The minimum absolute atomic E-state index is 0.105. The van der Waals surface area contributed by atoms with E-state index in [1.54, 1.807) is 0 Å². The Balaban J connectivity index is 1.37. The highest BCUT2D eigenvalue weighted by Gasteiger charge is 2.29. The zero-order chi connectivity index (χ0) is 19.5. The molecule has 1 unspecified atom stereocenters. The molecule has 1 atom stereocenters. The van der Waals surface area contributed by atoms with Crippen LogP contribution in [0.2, 0.25) is 0 Å². The Kier molecular flexibility index (Phi) is 6.16. The molecule has 2 N–H and O–H groups in total. The molecule has 0 amide bonds. The van der Waals surface area contributed by atoms with Crippen molar-refractivity contribution in [3.05, 3.63) is 24.3 Å². The summed E-state index contributed by atoms with van der Waals surface area (Å²) in [6, 6.07) is 8.11. The molecule has 0 aliphatic carbocycles. The maximum absolute atomic E-state index is 10.8. The fourth-order valence-electron chi connectivity index (χ4n) is 4.55. The number of benzene rings is 1. The van der Waals surface area contributed by atoms with E-state index in [1.165, 1.54) is 0 Å². The molecule has 154 valence electrons.